The third-order valence-corrected chi connectivity index (χ3v) is 10.7. The molecule has 0 aromatic heterocycles. The zero-order chi connectivity index (χ0) is 31.0. The van der Waals surface area contributed by atoms with Crippen molar-refractivity contribution < 1.29 is 57.1 Å². The van der Waals surface area contributed by atoms with E-state index in [0.29, 0.717) is 31.6 Å². The second kappa shape index (κ2) is 13.9. The summed E-state index contributed by atoms with van der Waals surface area (Å²) in [5.74, 6) is -0.282. The maximum absolute atomic E-state index is 13.2. The number of phenolic OH excluding ortho intramolecular Hbond substituents is 1. The van der Waals surface area contributed by atoms with Crippen molar-refractivity contribution in [1.29, 1.82) is 0 Å². The number of ether oxygens (including phenoxy) is 2. The van der Waals surface area contributed by atoms with E-state index in [1.165, 1.54) is 0 Å². The molecule has 3 aromatic rings. The van der Waals surface area contributed by atoms with Gasteiger partial charge in [0.1, 0.15) is 17.6 Å². The first-order chi connectivity index (χ1) is 21.1. The molecular formula is C34H38N3NaO6S. The van der Waals surface area contributed by atoms with Crippen molar-refractivity contribution in [3.05, 3.63) is 107 Å². The van der Waals surface area contributed by atoms with Gasteiger partial charge in [-0.2, -0.15) is 0 Å². The second-order valence-electron chi connectivity index (χ2n) is 12.1. The van der Waals surface area contributed by atoms with Crippen LogP contribution >= 0.6 is 0 Å². The molecule has 0 amide bonds. The quantitative estimate of drug-likeness (QED) is 0.129. The summed E-state index contributed by atoms with van der Waals surface area (Å²) in [5, 5.41) is 8.72. The van der Waals surface area contributed by atoms with Crippen LogP contribution in [0.5, 0.6) is 11.5 Å². The maximum Gasteiger partial charge on any atom is 1.00 e. The summed E-state index contributed by atoms with van der Waals surface area (Å²) in [6.07, 6.45) is 3.12. The number of nitrogens with zero attached hydrogens (tertiary/aromatic N) is 1. The molecule has 232 valence electrons. The zero-order valence-corrected chi connectivity index (χ0v) is 28.4. The number of nitrogens with two attached hydrogens (primary N) is 2. The van der Waals surface area contributed by atoms with Crippen molar-refractivity contribution in [1.82, 2.24) is 0 Å². The Hall–Kier alpha value is -2.86. The Kier molecular flexibility index (Phi) is 10.3. The van der Waals surface area contributed by atoms with Crippen LogP contribution in [-0.2, 0) is 14.9 Å². The van der Waals surface area contributed by atoms with Gasteiger partial charge >= 0.3 is 29.6 Å². The van der Waals surface area contributed by atoms with E-state index in [9.17, 15) is 18.1 Å². The minimum atomic E-state index is -4.71. The smallest absolute Gasteiger partial charge is 0.748 e. The molecule has 0 radical (unpaired) electrons. The number of phenols is 1. The van der Waals surface area contributed by atoms with E-state index in [1.54, 1.807) is 12.1 Å². The number of guanidine groups is 1. The molecule has 0 spiro atoms. The van der Waals surface area contributed by atoms with Crippen LogP contribution in [0.25, 0.3) is 0 Å². The predicted octanol–water partition coefficient (Wildman–Crippen LogP) is 2.37. The molecule has 6 bridgehead atoms. The first-order valence-electron chi connectivity index (χ1n) is 15.1. The van der Waals surface area contributed by atoms with Gasteiger partial charge in [0.25, 0.3) is 0 Å². The van der Waals surface area contributed by atoms with Crippen molar-refractivity contribution in [3.63, 3.8) is 0 Å². The molecule has 11 heteroatoms. The summed E-state index contributed by atoms with van der Waals surface area (Å²) < 4.78 is 52.3. The van der Waals surface area contributed by atoms with E-state index >= 15 is 0 Å². The minimum absolute atomic E-state index is 0. The van der Waals surface area contributed by atoms with Gasteiger partial charge in [-0.25, -0.2) is 13.4 Å². The summed E-state index contributed by atoms with van der Waals surface area (Å²) in [6, 6.07) is 22.1. The number of aromatic hydroxyl groups is 1. The van der Waals surface area contributed by atoms with E-state index < -0.39 is 27.5 Å². The van der Waals surface area contributed by atoms with E-state index in [4.69, 9.17) is 20.9 Å². The van der Waals surface area contributed by atoms with Crippen molar-refractivity contribution >= 4 is 16.1 Å². The summed E-state index contributed by atoms with van der Waals surface area (Å²) >= 11 is 0. The van der Waals surface area contributed by atoms with Crippen molar-refractivity contribution in [3.8, 4) is 11.5 Å². The largest absolute Gasteiger partial charge is 1.00 e. The molecule has 3 aromatic carbocycles. The Bertz CT molecular complexity index is 1640. The number of hydrogen-bond acceptors (Lipinski definition) is 7. The molecular weight excluding hydrogens is 601 g/mol. The molecule has 5 N–H and O–H groups in total. The van der Waals surface area contributed by atoms with Crippen molar-refractivity contribution in [2.45, 2.75) is 62.0 Å². The van der Waals surface area contributed by atoms with Crippen LogP contribution in [0.2, 0.25) is 0 Å². The number of benzene rings is 3. The summed E-state index contributed by atoms with van der Waals surface area (Å²) in [7, 11) is -4.71. The van der Waals surface area contributed by atoms with Crippen LogP contribution in [0.1, 0.15) is 79.0 Å². The average molecular weight is 640 g/mol. The zero-order valence-electron chi connectivity index (χ0n) is 25.6. The third kappa shape index (κ3) is 7.26. The standard InChI is InChI=1S/C34H39N3O6S.Na/c1-2-20-19-30(44(39,40)41)29-18-26-17-25(15-16-42-32(26)23-7-11-27(38)12-8-23)31(29)22-3-5-24(6-4-22)33(37-34(35)36)43-28-13-9-21(20)10-14-28;/h3-14,18,20,25,29-33,38H,2,15-17,19H2,1H3,(H4,35,36,37)(H,39,40,41);/q;+1/p-1. The Balaban J connectivity index is 0.00000400. The van der Waals surface area contributed by atoms with Crippen molar-refractivity contribution in [2.24, 2.45) is 28.3 Å². The average Bonchev–Trinajstić information content (AvgIpc) is 3.16. The Morgan fingerprint density at radius 2 is 1.58 bits per heavy atom. The monoisotopic (exact) mass is 639 g/mol. The second-order valence-corrected chi connectivity index (χ2v) is 13.7. The van der Waals surface area contributed by atoms with Gasteiger partial charge in [-0.1, -0.05) is 61.5 Å². The molecule has 1 fully saturated rings. The fourth-order valence-electron chi connectivity index (χ4n) is 7.30. The minimum Gasteiger partial charge on any atom is -0.748 e. The van der Waals surface area contributed by atoms with Crippen LogP contribution in [0.3, 0.4) is 0 Å². The summed E-state index contributed by atoms with van der Waals surface area (Å²) in [5.41, 5.74) is 16.0. The third-order valence-electron chi connectivity index (χ3n) is 9.41. The van der Waals surface area contributed by atoms with Crippen LogP contribution in [0, 0.1) is 11.8 Å². The fourth-order valence-corrected chi connectivity index (χ4v) is 8.40. The molecule has 6 aliphatic rings. The van der Waals surface area contributed by atoms with Gasteiger partial charge in [0.15, 0.2) is 5.96 Å². The van der Waals surface area contributed by atoms with Gasteiger partial charge in [0.05, 0.1) is 15.4 Å². The molecule has 9 rings (SSSR count). The molecule has 1 aliphatic carbocycles. The van der Waals surface area contributed by atoms with Gasteiger partial charge in [-0.15, -0.1) is 0 Å². The van der Waals surface area contributed by atoms with Crippen molar-refractivity contribution in [2.75, 3.05) is 6.61 Å². The Morgan fingerprint density at radius 1 is 0.956 bits per heavy atom. The Labute approximate surface area is 286 Å². The molecule has 9 nitrogen and oxygen atoms in total. The van der Waals surface area contributed by atoms with Gasteiger partial charge in [0, 0.05) is 12.2 Å². The van der Waals surface area contributed by atoms with Crippen LogP contribution in [-0.4, -0.2) is 35.9 Å². The van der Waals surface area contributed by atoms with Crippen LogP contribution in [0.4, 0.5) is 0 Å². The molecule has 45 heavy (non-hydrogen) atoms. The molecule has 7 atom stereocenters. The van der Waals surface area contributed by atoms with Gasteiger partial charge in [-0.05, 0) is 95.9 Å². The van der Waals surface area contributed by atoms with Crippen LogP contribution < -0.4 is 45.8 Å². The SMILES string of the molecule is CCC1CC(S(=O)(=O)[O-])C2C=C3CC(CCOC3c3ccc(O)cc3)C2c2ccc(cc2)C(N=C(N)N)Oc2ccc1cc2.[Na+]. The first kappa shape index (κ1) is 33.5. The number of fused-ring (bicyclic) bond motifs is 2. The number of rotatable bonds is 4. The molecule has 5 aliphatic heterocycles. The van der Waals surface area contributed by atoms with Gasteiger partial charge < -0.3 is 30.6 Å². The fraction of sp³-hybridized carbons (Fsp3) is 0.382. The van der Waals surface area contributed by atoms with Gasteiger partial charge in [0.2, 0.25) is 6.23 Å². The maximum atomic E-state index is 13.2. The van der Waals surface area contributed by atoms with E-state index in [1.807, 2.05) is 73.7 Å². The van der Waals surface area contributed by atoms with E-state index in [-0.39, 0.29) is 71.5 Å². The first-order valence-corrected chi connectivity index (χ1v) is 16.6. The topological polar surface area (TPSA) is 160 Å². The van der Waals surface area contributed by atoms with Gasteiger partial charge in [-0.3, -0.25) is 0 Å². The van der Waals surface area contributed by atoms with E-state index in [0.717, 1.165) is 27.8 Å². The van der Waals surface area contributed by atoms with E-state index in [2.05, 4.69) is 4.99 Å². The van der Waals surface area contributed by atoms with Crippen LogP contribution in [0.15, 0.2) is 89.4 Å². The number of aliphatic imine (C=N–C) groups is 1. The molecule has 1 saturated heterocycles. The summed E-state index contributed by atoms with van der Waals surface area (Å²) in [6.45, 7) is 2.49. The normalized spacial score (nSPS) is 27.8. The Morgan fingerprint density at radius 3 is 2.20 bits per heavy atom. The number of hydrogen-bond donors (Lipinski definition) is 3. The number of allylic oxidation sites excluding steroid dienone is 1. The predicted molar refractivity (Wildman–Crippen MR) is 167 cm³/mol. The molecule has 0 saturated carbocycles. The molecule has 5 heterocycles. The molecule has 7 unspecified atom stereocenters. The summed E-state index contributed by atoms with van der Waals surface area (Å²) in [4.78, 5) is 4.32.